The summed E-state index contributed by atoms with van der Waals surface area (Å²) in [5.74, 6) is 1.45. The van der Waals surface area contributed by atoms with Crippen LogP contribution in [0.4, 0.5) is 0 Å². The lowest BCUT2D eigenvalue weighted by atomic mass is 10.2. The van der Waals surface area contributed by atoms with E-state index in [1.165, 1.54) is 5.56 Å². The highest BCUT2D eigenvalue weighted by Crippen LogP contribution is 2.18. The van der Waals surface area contributed by atoms with Gasteiger partial charge in [-0.3, -0.25) is 9.79 Å². The largest absolute Gasteiger partial charge is 0.484 e. The summed E-state index contributed by atoms with van der Waals surface area (Å²) < 4.78 is 5.62. The minimum absolute atomic E-state index is 0.0505. The summed E-state index contributed by atoms with van der Waals surface area (Å²) in [6.07, 6.45) is 2.15. The molecular formula is C22H28N4O2. The zero-order valence-electron chi connectivity index (χ0n) is 16.5. The summed E-state index contributed by atoms with van der Waals surface area (Å²) in [7, 11) is 3.79. The Morgan fingerprint density at radius 3 is 2.61 bits per heavy atom. The minimum Gasteiger partial charge on any atom is -0.484 e. The molecule has 0 unspecified atom stereocenters. The molecule has 0 aromatic heterocycles. The van der Waals surface area contributed by atoms with E-state index in [-0.39, 0.29) is 12.5 Å². The number of benzene rings is 2. The van der Waals surface area contributed by atoms with Crippen molar-refractivity contribution in [3.8, 4) is 5.75 Å². The first-order chi connectivity index (χ1) is 13.6. The Hall–Kier alpha value is -3.02. The number of hydrogen-bond donors (Lipinski definition) is 2. The van der Waals surface area contributed by atoms with Crippen LogP contribution in [0.2, 0.25) is 0 Å². The third-order valence-electron chi connectivity index (χ3n) is 4.50. The van der Waals surface area contributed by atoms with Crippen LogP contribution < -0.4 is 15.4 Å². The van der Waals surface area contributed by atoms with Gasteiger partial charge in [0.05, 0.1) is 0 Å². The molecule has 2 aromatic carbocycles. The van der Waals surface area contributed by atoms with Crippen LogP contribution in [0.25, 0.3) is 0 Å². The third kappa shape index (κ3) is 6.30. The molecule has 2 N–H and O–H groups in total. The molecule has 0 bridgehead atoms. The maximum atomic E-state index is 11.8. The van der Waals surface area contributed by atoms with Crippen molar-refractivity contribution in [3.05, 3.63) is 65.7 Å². The summed E-state index contributed by atoms with van der Waals surface area (Å²) in [6, 6.07) is 18.4. The Balaban J connectivity index is 1.49. The lowest BCUT2D eigenvalue weighted by Crippen LogP contribution is -2.38. The van der Waals surface area contributed by atoms with E-state index in [4.69, 9.17) is 4.74 Å². The first-order valence-electron chi connectivity index (χ1n) is 9.61. The molecule has 1 saturated carbocycles. The van der Waals surface area contributed by atoms with Crippen molar-refractivity contribution < 1.29 is 9.53 Å². The van der Waals surface area contributed by atoms with E-state index in [1.54, 1.807) is 7.05 Å². The fourth-order valence-corrected chi connectivity index (χ4v) is 2.89. The van der Waals surface area contributed by atoms with Gasteiger partial charge in [-0.25, -0.2) is 0 Å². The summed E-state index contributed by atoms with van der Waals surface area (Å²) in [4.78, 5) is 18.2. The summed E-state index contributed by atoms with van der Waals surface area (Å²) in [5, 5.41) is 6.29. The Morgan fingerprint density at radius 1 is 1.14 bits per heavy atom. The molecule has 6 heteroatoms. The second-order valence-corrected chi connectivity index (χ2v) is 7.02. The van der Waals surface area contributed by atoms with Gasteiger partial charge in [0, 0.05) is 33.2 Å². The highest BCUT2D eigenvalue weighted by Gasteiger charge is 2.23. The molecule has 2 aromatic rings. The zero-order chi connectivity index (χ0) is 19.8. The molecule has 0 aliphatic heterocycles. The first-order valence-corrected chi connectivity index (χ1v) is 9.61. The number of ether oxygens (including phenoxy) is 1. The van der Waals surface area contributed by atoms with E-state index in [9.17, 15) is 4.79 Å². The molecule has 0 spiro atoms. The molecule has 1 aliphatic rings. The minimum atomic E-state index is -0.0611. The van der Waals surface area contributed by atoms with Gasteiger partial charge in [0.25, 0.3) is 5.91 Å². The number of carbonyl (C=O) groups is 1. The van der Waals surface area contributed by atoms with Gasteiger partial charge in [0.2, 0.25) is 0 Å². The molecule has 1 fully saturated rings. The lowest BCUT2D eigenvalue weighted by Gasteiger charge is -2.22. The highest BCUT2D eigenvalue weighted by atomic mass is 16.5. The standard InChI is InChI=1S/C22H28N4O2/c1-23-22(26(2)15-17-7-4-3-5-8-17)24-14-18-9-6-10-20(13-18)28-16-21(27)25-19-11-12-19/h3-10,13,19H,11-12,14-16H2,1-2H3,(H,23,24)(H,25,27). The Labute approximate surface area is 166 Å². The average Bonchev–Trinajstić information content (AvgIpc) is 3.52. The van der Waals surface area contributed by atoms with Crippen LogP contribution in [0.15, 0.2) is 59.6 Å². The van der Waals surface area contributed by atoms with E-state index in [1.807, 2.05) is 49.5 Å². The summed E-state index contributed by atoms with van der Waals surface area (Å²) >= 11 is 0. The molecular weight excluding hydrogens is 352 g/mol. The summed E-state index contributed by atoms with van der Waals surface area (Å²) in [5.41, 5.74) is 2.29. The van der Waals surface area contributed by atoms with Gasteiger partial charge in [-0.2, -0.15) is 0 Å². The molecule has 1 amide bonds. The topological polar surface area (TPSA) is 66.0 Å². The van der Waals surface area contributed by atoms with Gasteiger partial charge in [0.1, 0.15) is 5.75 Å². The highest BCUT2D eigenvalue weighted by molar-refractivity contribution is 5.79. The van der Waals surface area contributed by atoms with Crippen molar-refractivity contribution in [2.45, 2.75) is 32.0 Å². The second-order valence-electron chi connectivity index (χ2n) is 7.02. The molecule has 3 rings (SSSR count). The van der Waals surface area contributed by atoms with Crippen LogP contribution in [0.3, 0.4) is 0 Å². The monoisotopic (exact) mass is 380 g/mol. The van der Waals surface area contributed by atoms with Crippen molar-refractivity contribution >= 4 is 11.9 Å². The van der Waals surface area contributed by atoms with Gasteiger partial charge in [-0.1, -0.05) is 42.5 Å². The number of nitrogens with one attached hydrogen (secondary N) is 2. The van der Waals surface area contributed by atoms with Crippen LogP contribution in [-0.2, 0) is 17.9 Å². The first kappa shape index (κ1) is 19.7. The number of amides is 1. The van der Waals surface area contributed by atoms with Crippen molar-refractivity contribution in [2.75, 3.05) is 20.7 Å². The van der Waals surface area contributed by atoms with Crippen molar-refractivity contribution in [3.63, 3.8) is 0 Å². The number of guanidine groups is 1. The predicted octanol–water partition coefficient (Wildman–Crippen LogP) is 2.55. The van der Waals surface area contributed by atoms with Crippen LogP contribution in [0.1, 0.15) is 24.0 Å². The van der Waals surface area contributed by atoms with Crippen molar-refractivity contribution in [1.29, 1.82) is 0 Å². The second kappa shape index (κ2) is 9.78. The number of aliphatic imine (C=N–C) groups is 1. The lowest BCUT2D eigenvalue weighted by molar-refractivity contribution is -0.123. The van der Waals surface area contributed by atoms with Crippen LogP contribution >= 0.6 is 0 Å². The average molecular weight is 380 g/mol. The molecule has 1 aliphatic carbocycles. The molecule has 28 heavy (non-hydrogen) atoms. The Bertz CT molecular complexity index is 803. The van der Waals surface area contributed by atoms with Gasteiger partial charge in [-0.15, -0.1) is 0 Å². The molecule has 0 saturated heterocycles. The smallest absolute Gasteiger partial charge is 0.258 e. The van der Waals surface area contributed by atoms with E-state index < -0.39 is 0 Å². The van der Waals surface area contributed by atoms with Crippen LogP contribution in [0.5, 0.6) is 5.75 Å². The molecule has 6 nitrogen and oxygen atoms in total. The maximum absolute atomic E-state index is 11.8. The predicted molar refractivity (Wildman–Crippen MR) is 111 cm³/mol. The molecule has 0 atom stereocenters. The van der Waals surface area contributed by atoms with Crippen molar-refractivity contribution in [2.24, 2.45) is 4.99 Å². The molecule has 0 heterocycles. The SMILES string of the molecule is CN=C(NCc1cccc(OCC(=O)NC2CC2)c1)N(C)Cc1ccccc1. The van der Waals surface area contributed by atoms with Crippen LogP contribution in [0, 0.1) is 0 Å². The van der Waals surface area contributed by atoms with E-state index in [0.29, 0.717) is 18.3 Å². The number of rotatable bonds is 8. The van der Waals surface area contributed by atoms with E-state index >= 15 is 0 Å². The summed E-state index contributed by atoms with van der Waals surface area (Å²) in [6.45, 7) is 1.45. The van der Waals surface area contributed by atoms with Gasteiger partial charge in [0.15, 0.2) is 12.6 Å². The van der Waals surface area contributed by atoms with Crippen LogP contribution in [-0.4, -0.2) is 43.5 Å². The normalized spacial score (nSPS) is 13.7. The number of nitrogens with zero attached hydrogens (tertiary/aromatic N) is 2. The molecule has 0 radical (unpaired) electrons. The number of carbonyl (C=O) groups excluding carboxylic acids is 1. The zero-order valence-corrected chi connectivity index (χ0v) is 16.5. The number of hydrogen-bond acceptors (Lipinski definition) is 3. The third-order valence-corrected chi connectivity index (χ3v) is 4.50. The van der Waals surface area contributed by atoms with Crippen molar-refractivity contribution in [1.82, 2.24) is 15.5 Å². The van der Waals surface area contributed by atoms with Gasteiger partial charge in [-0.05, 0) is 36.1 Å². The van der Waals surface area contributed by atoms with Gasteiger partial charge >= 0.3 is 0 Å². The van der Waals surface area contributed by atoms with E-state index in [0.717, 1.165) is 30.9 Å². The van der Waals surface area contributed by atoms with Gasteiger partial charge < -0.3 is 20.3 Å². The maximum Gasteiger partial charge on any atom is 0.258 e. The Morgan fingerprint density at radius 2 is 1.89 bits per heavy atom. The quantitative estimate of drug-likeness (QED) is 0.546. The molecule has 148 valence electrons. The van der Waals surface area contributed by atoms with E-state index in [2.05, 4.69) is 32.7 Å². The fourth-order valence-electron chi connectivity index (χ4n) is 2.89. The Kier molecular flexibility index (Phi) is 6.89. The fraction of sp³-hybridized carbons (Fsp3) is 0.364.